The largest absolute Gasteiger partial charge is 0.395 e. The molecule has 0 spiro atoms. The van der Waals surface area contributed by atoms with Crippen molar-refractivity contribution in [2.24, 2.45) is 0 Å². The van der Waals surface area contributed by atoms with Crippen molar-refractivity contribution in [3.8, 4) is 0 Å². The first-order valence-electron chi connectivity index (χ1n) is 6.89. The van der Waals surface area contributed by atoms with Gasteiger partial charge in [0.05, 0.1) is 6.61 Å². The molecule has 0 radical (unpaired) electrons. The highest BCUT2D eigenvalue weighted by molar-refractivity contribution is 4.73. The van der Waals surface area contributed by atoms with Gasteiger partial charge in [0.2, 0.25) is 0 Å². The molecule has 17 heavy (non-hydrogen) atoms. The zero-order valence-electron chi connectivity index (χ0n) is 11.7. The fourth-order valence-corrected chi connectivity index (χ4v) is 2.42. The van der Waals surface area contributed by atoms with Crippen LogP contribution in [0.3, 0.4) is 0 Å². The highest BCUT2D eigenvalue weighted by Crippen LogP contribution is 2.06. The maximum absolute atomic E-state index is 9.30. The minimum atomic E-state index is 0.193. The number of hydrogen-bond donors (Lipinski definition) is 2. The molecule has 1 heterocycles. The summed E-state index contributed by atoms with van der Waals surface area (Å²) in [6.07, 6.45) is 2.72. The standard InChI is InChI=1S/C13H29N3O/c1-12(2)14-13(11-17)10-15(3)8-9-16-6-4-5-7-16/h12-14,17H,4-11H2,1-3H3. The molecule has 0 aromatic rings. The zero-order chi connectivity index (χ0) is 12.7. The normalized spacial score (nSPS) is 19.4. The highest BCUT2D eigenvalue weighted by atomic mass is 16.3. The average molecular weight is 243 g/mol. The van der Waals surface area contributed by atoms with Gasteiger partial charge in [-0.05, 0) is 33.0 Å². The van der Waals surface area contributed by atoms with Gasteiger partial charge in [0.25, 0.3) is 0 Å². The number of aliphatic hydroxyl groups excluding tert-OH is 1. The van der Waals surface area contributed by atoms with E-state index in [0.717, 1.165) is 19.6 Å². The van der Waals surface area contributed by atoms with Crippen LogP contribution in [0.4, 0.5) is 0 Å². The van der Waals surface area contributed by atoms with Crippen molar-refractivity contribution in [1.29, 1.82) is 0 Å². The van der Waals surface area contributed by atoms with E-state index >= 15 is 0 Å². The van der Waals surface area contributed by atoms with Crippen LogP contribution in [-0.2, 0) is 0 Å². The number of aliphatic hydroxyl groups is 1. The first-order valence-corrected chi connectivity index (χ1v) is 6.89. The van der Waals surface area contributed by atoms with E-state index < -0.39 is 0 Å². The Bertz CT molecular complexity index is 193. The van der Waals surface area contributed by atoms with Crippen molar-refractivity contribution >= 4 is 0 Å². The lowest BCUT2D eigenvalue weighted by atomic mass is 10.2. The van der Waals surface area contributed by atoms with E-state index in [-0.39, 0.29) is 12.6 Å². The Morgan fingerprint density at radius 2 is 1.94 bits per heavy atom. The molecular weight excluding hydrogens is 214 g/mol. The van der Waals surface area contributed by atoms with Crippen LogP contribution in [0.1, 0.15) is 26.7 Å². The molecule has 4 heteroatoms. The SMILES string of the molecule is CC(C)NC(CO)CN(C)CCN1CCCC1. The van der Waals surface area contributed by atoms with Crippen LogP contribution in [-0.4, -0.2) is 73.4 Å². The molecule has 2 N–H and O–H groups in total. The van der Waals surface area contributed by atoms with Gasteiger partial charge in [0.15, 0.2) is 0 Å². The molecule has 0 aliphatic carbocycles. The van der Waals surface area contributed by atoms with Gasteiger partial charge in [-0.2, -0.15) is 0 Å². The van der Waals surface area contributed by atoms with E-state index in [2.05, 4.69) is 36.0 Å². The van der Waals surface area contributed by atoms with Crippen LogP contribution < -0.4 is 5.32 Å². The lowest BCUT2D eigenvalue weighted by Gasteiger charge is -2.26. The van der Waals surface area contributed by atoms with Crippen LogP contribution in [0.15, 0.2) is 0 Å². The summed E-state index contributed by atoms with van der Waals surface area (Å²) >= 11 is 0. The van der Waals surface area contributed by atoms with Crippen molar-refractivity contribution < 1.29 is 5.11 Å². The number of nitrogens with zero attached hydrogens (tertiary/aromatic N) is 2. The van der Waals surface area contributed by atoms with Crippen LogP contribution in [0.5, 0.6) is 0 Å². The van der Waals surface area contributed by atoms with Crippen molar-refractivity contribution in [3.63, 3.8) is 0 Å². The van der Waals surface area contributed by atoms with E-state index in [1.165, 1.54) is 25.9 Å². The molecule has 1 unspecified atom stereocenters. The number of hydrogen-bond acceptors (Lipinski definition) is 4. The first-order chi connectivity index (χ1) is 8.11. The minimum absolute atomic E-state index is 0.193. The van der Waals surface area contributed by atoms with Crippen LogP contribution in [0.25, 0.3) is 0 Å². The number of likely N-dealkylation sites (tertiary alicyclic amines) is 1. The second-order valence-corrected chi connectivity index (χ2v) is 5.51. The van der Waals surface area contributed by atoms with Crippen molar-refractivity contribution in [2.75, 3.05) is 46.4 Å². The third-order valence-corrected chi connectivity index (χ3v) is 3.32. The molecule has 0 bridgehead atoms. The maximum atomic E-state index is 9.30. The third kappa shape index (κ3) is 6.36. The van der Waals surface area contributed by atoms with E-state index in [9.17, 15) is 5.11 Å². The monoisotopic (exact) mass is 243 g/mol. The Kier molecular flexibility index (Phi) is 7.04. The molecule has 0 aromatic carbocycles. The summed E-state index contributed by atoms with van der Waals surface area (Å²) in [5.74, 6) is 0. The zero-order valence-corrected chi connectivity index (χ0v) is 11.7. The van der Waals surface area contributed by atoms with Gasteiger partial charge in [0, 0.05) is 31.7 Å². The fourth-order valence-electron chi connectivity index (χ4n) is 2.42. The maximum Gasteiger partial charge on any atom is 0.0597 e. The number of likely N-dealkylation sites (N-methyl/N-ethyl adjacent to an activating group) is 1. The van der Waals surface area contributed by atoms with Crippen molar-refractivity contribution in [3.05, 3.63) is 0 Å². The second-order valence-electron chi connectivity index (χ2n) is 5.51. The molecule has 1 aliphatic rings. The smallest absolute Gasteiger partial charge is 0.0597 e. The summed E-state index contributed by atoms with van der Waals surface area (Å²) in [5, 5.41) is 12.7. The average Bonchev–Trinajstić information content (AvgIpc) is 2.77. The molecule has 1 fully saturated rings. The Morgan fingerprint density at radius 3 is 2.47 bits per heavy atom. The Balaban J connectivity index is 2.15. The van der Waals surface area contributed by atoms with Gasteiger partial charge < -0.3 is 20.2 Å². The molecule has 0 aromatic heterocycles. The molecule has 1 rings (SSSR count). The van der Waals surface area contributed by atoms with E-state index in [4.69, 9.17) is 0 Å². The fraction of sp³-hybridized carbons (Fsp3) is 1.00. The molecule has 1 aliphatic heterocycles. The lowest BCUT2D eigenvalue weighted by Crippen LogP contribution is -2.46. The summed E-state index contributed by atoms with van der Waals surface area (Å²) in [6, 6.07) is 0.623. The van der Waals surface area contributed by atoms with Crippen LogP contribution in [0.2, 0.25) is 0 Å². The topological polar surface area (TPSA) is 38.7 Å². The summed E-state index contributed by atoms with van der Waals surface area (Å²) in [5.41, 5.74) is 0. The van der Waals surface area contributed by atoms with E-state index in [0.29, 0.717) is 6.04 Å². The van der Waals surface area contributed by atoms with Gasteiger partial charge >= 0.3 is 0 Å². The van der Waals surface area contributed by atoms with Gasteiger partial charge in [-0.1, -0.05) is 13.8 Å². The summed E-state index contributed by atoms with van der Waals surface area (Å²) in [6.45, 7) is 10.2. The Labute approximate surface area is 106 Å². The summed E-state index contributed by atoms with van der Waals surface area (Å²) in [7, 11) is 2.14. The number of rotatable bonds is 8. The molecule has 1 saturated heterocycles. The molecular formula is C13H29N3O. The van der Waals surface area contributed by atoms with Gasteiger partial charge in [-0.25, -0.2) is 0 Å². The Morgan fingerprint density at radius 1 is 1.29 bits per heavy atom. The molecule has 0 saturated carbocycles. The second kappa shape index (κ2) is 8.03. The van der Waals surface area contributed by atoms with Gasteiger partial charge in [-0.3, -0.25) is 0 Å². The minimum Gasteiger partial charge on any atom is -0.395 e. The summed E-state index contributed by atoms with van der Waals surface area (Å²) in [4.78, 5) is 4.84. The first kappa shape index (κ1) is 14.9. The third-order valence-electron chi connectivity index (χ3n) is 3.32. The lowest BCUT2D eigenvalue weighted by molar-refractivity contribution is 0.181. The molecule has 4 nitrogen and oxygen atoms in total. The van der Waals surface area contributed by atoms with E-state index in [1.54, 1.807) is 0 Å². The van der Waals surface area contributed by atoms with Gasteiger partial charge in [-0.15, -0.1) is 0 Å². The molecule has 102 valence electrons. The van der Waals surface area contributed by atoms with Crippen molar-refractivity contribution in [2.45, 2.75) is 38.8 Å². The van der Waals surface area contributed by atoms with Crippen molar-refractivity contribution in [1.82, 2.24) is 15.1 Å². The quantitative estimate of drug-likeness (QED) is 0.646. The summed E-state index contributed by atoms with van der Waals surface area (Å²) < 4.78 is 0. The van der Waals surface area contributed by atoms with Gasteiger partial charge in [0.1, 0.15) is 0 Å². The predicted molar refractivity (Wildman–Crippen MR) is 72.3 cm³/mol. The number of nitrogens with one attached hydrogen (secondary N) is 1. The van der Waals surface area contributed by atoms with E-state index in [1.807, 2.05) is 0 Å². The van der Waals surface area contributed by atoms with Crippen LogP contribution in [0, 0.1) is 0 Å². The Hall–Kier alpha value is -0.160. The molecule has 0 amide bonds. The van der Waals surface area contributed by atoms with Crippen LogP contribution >= 0.6 is 0 Å². The highest BCUT2D eigenvalue weighted by Gasteiger charge is 2.14. The molecule has 1 atom stereocenters. The predicted octanol–water partition coefficient (Wildman–Crippen LogP) is 0.373.